The summed E-state index contributed by atoms with van der Waals surface area (Å²) in [6.07, 6.45) is 16.2. The molecule has 1 heterocycles. The van der Waals surface area contributed by atoms with Crippen molar-refractivity contribution in [3.05, 3.63) is 47.5 Å². The van der Waals surface area contributed by atoms with Crippen LogP contribution in [0.15, 0.2) is 36.4 Å². The number of ether oxygens (including phenoxy) is 3. The second kappa shape index (κ2) is 9.87. The molecule has 0 amide bonds. The van der Waals surface area contributed by atoms with E-state index in [2.05, 4.69) is 31.2 Å². The lowest BCUT2D eigenvalue weighted by Gasteiger charge is -2.54. The molecule has 31 heavy (non-hydrogen) atoms. The van der Waals surface area contributed by atoms with Crippen molar-refractivity contribution in [2.75, 3.05) is 13.2 Å². The molecule has 170 valence electrons. The molecule has 1 aliphatic heterocycles. The molecule has 4 aliphatic rings. The number of allylic oxidation sites excluding steroid dienone is 1. The van der Waals surface area contributed by atoms with Gasteiger partial charge < -0.3 is 14.2 Å². The van der Waals surface area contributed by atoms with Crippen LogP contribution in [0.1, 0.15) is 95.3 Å². The van der Waals surface area contributed by atoms with Crippen LogP contribution >= 0.6 is 0 Å². The molecule has 0 aromatic heterocycles. The van der Waals surface area contributed by atoms with E-state index in [0.29, 0.717) is 17.4 Å². The number of esters is 1. The lowest BCUT2D eigenvalue weighted by Crippen LogP contribution is -2.44. The molecule has 1 aromatic rings. The molecule has 5 rings (SSSR count). The third-order valence-electron chi connectivity index (χ3n) is 8.02. The molecule has 4 nitrogen and oxygen atoms in total. The van der Waals surface area contributed by atoms with E-state index < -0.39 is 12.3 Å². The number of hydrogen-bond acceptors (Lipinski definition) is 4. The normalized spacial score (nSPS) is 33.0. The molecule has 4 heteroatoms. The zero-order valence-corrected chi connectivity index (χ0v) is 19.2. The molecule has 0 radical (unpaired) electrons. The highest BCUT2D eigenvalue weighted by atomic mass is 16.7. The van der Waals surface area contributed by atoms with E-state index in [1.165, 1.54) is 75.8 Å². The summed E-state index contributed by atoms with van der Waals surface area (Å²) < 4.78 is 16.9. The number of benzene rings is 1. The highest BCUT2D eigenvalue weighted by Crippen LogP contribution is 2.59. The Balaban J connectivity index is 1.31. The van der Waals surface area contributed by atoms with Gasteiger partial charge in [-0.15, -0.1) is 0 Å². The van der Waals surface area contributed by atoms with E-state index >= 15 is 0 Å². The van der Waals surface area contributed by atoms with Gasteiger partial charge in [0.1, 0.15) is 12.7 Å². The van der Waals surface area contributed by atoms with Crippen LogP contribution in [0.25, 0.3) is 0 Å². The van der Waals surface area contributed by atoms with Gasteiger partial charge >= 0.3 is 5.97 Å². The Kier molecular flexibility index (Phi) is 7.18. The third-order valence-corrected chi connectivity index (χ3v) is 8.02. The molecule has 3 saturated carbocycles. The summed E-state index contributed by atoms with van der Waals surface area (Å²) in [5.41, 5.74) is 3.69. The first-order valence-electron chi connectivity index (χ1n) is 12.3. The van der Waals surface area contributed by atoms with Crippen molar-refractivity contribution < 1.29 is 19.0 Å². The quantitative estimate of drug-likeness (QED) is 0.274. The molecule has 0 unspecified atom stereocenters. The molecular formula is C27H38O4. The van der Waals surface area contributed by atoms with Crippen LogP contribution < -0.4 is 0 Å². The Labute approximate surface area is 187 Å². The van der Waals surface area contributed by atoms with Crippen molar-refractivity contribution in [1.82, 2.24) is 0 Å². The number of hydrogen-bond donors (Lipinski definition) is 0. The summed E-state index contributed by atoms with van der Waals surface area (Å²) in [5.74, 6) is -0.396. The van der Waals surface area contributed by atoms with Crippen molar-refractivity contribution in [2.24, 2.45) is 5.41 Å². The molecule has 1 aromatic carbocycles. The summed E-state index contributed by atoms with van der Waals surface area (Å²) in [6, 6.07) is 9.07. The van der Waals surface area contributed by atoms with E-state index in [4.69, 9.17) is 14.2 Å². The Morgan fingerprint density at radius 3 is 2.32 bits per heavy atom. The van der Waals surface area contributed by atoms with Crippen LogP contribution in [-0.2, 0) is 24.4 Å². The zero-order chi connectivity index (χ0) is 21.7. The molecule has 1 saturated heterocycles. The number of carbonyl (C=O) groups is 1. The van der Waals surface area contributed by atoms with Crippen LogP contribution in [-0.4, -0.2) is 25.5 Å². The first kappa shape index (κ1) is 22.5. The summed E-state index contributed by atoms with van der Waals surface area (Å²) in [7, 11) is 0. The fourth-order valence-electron chi connectivity index (χ4n) is 5.92. The maximum absolute atomic E-state index is 11.6. The highest BCUT2D eigenvalue weighted by molar-refractivity contribution is 5.81. The van der Waals surface area contributed by atoms with Gasteiger partial charge in [0.2, 0.25) is 6.29 Å². The monoisotopic (exact) mass is 426 g/mol. The van der Waals surface area contributed by atoms with Crippen LogP contribution in [0, 0.1) is 5.41 Å². The molecular weight excluding hydrogens is 388 g/mol. The van der Waals surface area contributed by atoms with Crippen molar-refractivity contribution in [3.8, 4) is 0 Å². The first-order chi connectivity index (χ1) is 15.1. The molecule has 2 atom stereocenters. The fraction of sp³-hybridized carbons (Fsp3) is 0.667. The number of fused-ring (bicyclic) bond motifs is 3. The fourth-order valence-corrected chi connectivity index (χ4v) is 5.92. The maximum Gasteiger partial charge on any atom is 0.332 e. The van der Waals surface area contributed by atoms with Gasteiger partial charge in [0.05, 0.1) is 6.61 Å². The van der Waals surface area contributed by atoms with E-state index in [9.17, 15) is 4.79 Å². The van der Waals surface area contributed by atoms with Crippen molar-refractivity contribution in [1.29, 1.82) is 0 Å². The van der Waals surface area contributed by atoms with E-state index in [1.807, 2.05) is 0 Å². The van der Waals surface area contributed by atoms with Gasteiger partial charge in [0, 0.05) is 6.08 Å². The zero-order valence-electron chi connectivity index (χ0n) is 19.2. The maximum atomic E-state index is 11.6. The summed E-state index contributed by atoms with van der Waals surface area (Å²) in [6.45, 7) is 4.75. The van der Waals surface area contributed by atoms with E-state index in [-0.39, 0.29) is 12.7 Å². The lowest BCUT2D eigenvalue weighted by atomic mass is 9.51. The van der Waals surface area contributed by atoms with E-state index in [0.717, 1.165) is 5.56 Å². The smallest absolute Gasteiger partial charge is 0.332 e. The average Bonchev–Trinajstić information content (AvgIpc) is 2.81. The van der Waals surface area contributed by atoms with Gasteiger partial charge in [-0.05, 0) is 73.8 Å². The first-order valence-corrected chi connectivity index (χ1v) is 12.3. The standard InChI is InChI=1S/C27H38O4/c1-3-5-6-12-26-13-16-27(17-14-26,18-15-26)22-10-8-21(9-11-22)23-19-30-25(20-29-23)31-24(28)7-4-2/h4,7-11,23,25H,3,5-6,12-20H2,1-2H3/b7-4+/t23-,25-,26?,27?/m1/s1. The van der Waals surface area contributed by atoms with Gasteiger partial charge in [-0.3, -0.25) is 0 Å². The van der Waals surface area contributed by atoms with Gasteiger partial charge in [-0.2, -0.15) is 0 Å². The summed E-state index contributed by atoms with van der Waals surface area (Å²) >= 11 is 0. The Morgan fingerprint density at radius 1 is 1.03 bits per heavy atom. The van der Waals surface area contributed by atoms with Crippen molar-refractivity contribution >= 4 is 5.97 Å². The minimum atomic E-state index is -0.625. The van der Waals surface area contributed by atoms with Crippen molar-refractivity contribution in [3.63, 3.8) is 0 Å². The molecule has 3 aliphatic carbocycles. The summed E-state index contributed by atoms with van der Waals surface area (Å²) in [5, 5.41) is 0. The van der Waals surface area contributed by atoms with Crippen LogP contribution in [0.5, 0.6) is 0 Å². The van der Waals surface area contributed by atoms with Gasteiger partial charge in [0.25, 0.3) is 0 Å². The molecule has 0 N–H and O–H groups in total. The second-order valence-corrected chi connectivity index (χ2v) is 9.88. The van der Waals surface area contributed by atoms with Gasteiger partial charge in [-0.1, -0.05) is 56.5 Å². The average molecular weight is 427 g/mol. The van der Waals surface area contributed by atoms with E-state index in [1.54, 1.807) is 13.0 Å². The van der Waals surface area contributed by atoms with Crippen LogP contribution in [0.4, 0.5) is 0 Å². The lowest BCUT2D eigenvalue weighted by molar-refractivity contribution is -0.230. The summed E-state index contributed by atoms with van der Waals surface area (Å²) in [4.78, 5) is 11.6. The van der Waals surface area contributed by atoms with Crippen LogP contribution in [0.3, 0.4) is 0 Å². The largest absolute Gasteiger partial charge is 0.430 e. The van der Waals surface area contributed by atoms with Gasteiger partial charge in [0.15, 0.2) is 0 Å². The Bertz CT molecular complexity index is 733. The number of unbranched alkanes of at least 4 members (excludes halogenated alkanes) is 2. The minimum absolute atomic E-state index is 0.104. The highest BCUT2D eigenvalue weighted by Gasteiger charge is 2.48. The molecule has 0 spiro atoms. The predicted octanol–water partition coefficient (Wildman–Crippen LogP) is 6.39. The Hall–Kier alpha value is -1.65. The number of carbonyl (C=O) groups excluding carboxylic acids is 1. The molecule has 4 fully saturated rings. The minimum Gasteiger partial charge on any atom is -0.430 e. The second-order valence-electron chi connectivity index (χ2n) is 9.88. The van der Waals surface area contributed by atoms with Crippen molar-refractivity contribution in [2.45, 2.75) is 95.9 Å². The molecule has 2 bridgehead atoms. The predicted molar refractivity (Wildman–Crippen MR) is 122 cm³/mol. The Morgan fingerprint density at radius 2 is 1.74 bits per heavy atom. The number of rotatable bonds is 8. The van der Waals surface area contributed by atoms with Crippen LogP contribution in [0.2, 0.25) is 0 Å². The van der Waals surface area contributed by atoms with Gasteiger partial charge in [-0.25, -0.2) is 4.79 Å². The third kappa shape index (κ3) is 5.06. The SMILES string of the molecule is C/C=C/C(=O)O[C@@H]1CO[C@@H](c2ccc(C34CCC(CCCCC)(CC3)CC4)cc2)CO1. The topological polar surface area (TPSA) is 44.8 Å².